The number of carboxylic acid groups (broad SMARTS) is 2. The van der Waals surface area contributed by atoms with Gasteiger partial charge in [0.1, 0.15) is 0 Å². The minimum absolute atomic E-state index is 0.0761. The zero-order valence-corrected chi connectivity index (χ0v) is 22.6. The minimum atomic E-state index is -1.14. The van der Waals surface area contributed by atoms with Gasteiger partial charge in [-0.25, -0.2) is 0 Å². The lowest BCUT2D eigenvalue weighted by Crippen LogP contribution is -2.41. The van der Waals surface area contributed by atoms with Crippen LogP contribution in [-0.2, 0) is 9.59 Å². The molecule has 0 unspecified atom stereocenters. The summed E-state index contributed by atoms with van der Waals surface area (Å²) in [6.07, 6.45) is 23.6. The van der Waals surface area contributed by atoms with Gasteiger partial charge in [-0.15, -0.1) is 0 Å². The molecule has 0 aliphatic carbocycles. The maximum atomic E-state index is 9.77. The van der Waals surface area contributed by atoms with Crippen molar-refractivity contribution in [1.82, 2.24) is 0 Å². The Morgan fingerprint density at radius 1 is 0.485 bits per heavy atom. The van der Waals surface area contributed by atoms with Crippen LogP contribution in [0.3, 0.4) is 0 Å². The summed E-state index contributed by atoms with van der Waals surface area (Å²) in [4.78, 5) is 19.5. The second-order valence-electron chi connectivity index (χ2n) is 10.3. The topological polar surface area (TPSA) is 80.3 Å². The Hall–Kier alpha value is -1.10. The van der Waals surface area contributed by atoms with Gasteiger partial charge in [0.25, 0.3) is 0 Å². The van der Waals surface area contributed by atoms with E-state index in [4.69, 9.17) is 0 Å². The third kappa shape index (κ3) is 33.2. The number of unbranched alkanes of at least 4 members (excludes halogenated alkanes) is 15. The van der Waals surface area contributed by atoms with E-state index in [-0.39, 0.29) is 12.8 Å². The van der Waals surface area contributed by atoms with E-state index in [9.17, 15) is 19.8 Å². The normalized spacial score (nSPS) is 11.2. The second-order valence-corrected chi connectivity index (χ2v) is 10.3. The molecule has 0 aromatic heterocycles. The highest BCUT2D eigenvalue weighted by Gasteiger charge is 2.13. The lowest BCUT2D eigenvalue weighted by Gasteiger charge is -2.30. The lowest BCUT2D eigenvalue weighted by atomic mass is 10.1. The van der Waals surface area contributed by atoms with Crippen molar-refractivity contribution in [2.24, 2.45) is 0 Å². The Morgan fingerprint density at radius 2 is 0.758 bits per heavy atom. The van der Waals surface area contributed by atoms with E-state index in [1.807, 2.05) is 0 Å². The molecule has 0 bridgehead atoms. The van der Waals surface area contributed by atoms with Crippen molar-refractivity contribution in [3.8, 4) is 0 Å². The van der Waals surface area contributed by atoms with Crippen molar-refractivity contribution in [1.29, 1.82) is 0 Å². The number of aliphatic carboxylic acids is 2. The van der Waals surface area contributed by atoms with E-state index >= 15 is 0 Å². The molecule has 0 aromatic carbocycles. The van der Waals surface area contributed by atoms with Crippen LogP contribution in [0.2, 0.25) is 0 Å². The predicted molar refractivity (Wildman–Crippen MR) is 136 cm³/mol. The van der Waals surface area contributed by atoms with Crippen molar-refractivity contribution in [2.45, 2.75) is 142 Å². The Kier molecular flexibility index (Phi) is 26.3. The number of hydrogen-bond acceptors (Lipinski definition) is 4. The summed E-state index contributed by atoms with van der Waals surface area (Å²) in [5.74, 6) is -2.28. The standard InChI is InChI=1S/C22H48N.C6H10O4/c1-5-7-9-11-13-15-17-19-21-23(3,4)22-20-18-16-14-12-10-8-6-2;7-5(8)3-1-2-4-6(9)10/h5-22H2,1-4H3;1-4H2,(H,7,8)(H,9,10)/q+1;/p-2. The molecule has 198 valence electrons. The molecule has 0 radical (unpaired) electrons. The summed E-state index contributed by atoms with van der Waals surface area (Å²) >= 11 is 0. The first kappa shape index (κ1) is 34.1. The number of nitrogens with zero attached hydrogens (tertiary/aromatic N) is 1. The molecular weight excluding hydrogens is 414 g/mol. The van der Waals surface area contributed by atoms with Crippen LogP contribution in [0.15, 0.2) is 0 Å². The number of quaternary nitrogens is 1. The molecule has 5 heteroatoms. The summed E-state index contributed by atoms with van der Waals surface area (Å²) in [5, 5.41) is 19.5. The highest BCUT2D eigenvalue weighted by atomic mass is 16.4. The average Bonchev–Trinajstić information content (AvgIpc) is 2.75. The van der Waals surface area contributed by atoms with Gasteiger partial charge in [0, 0.05) is 11.9 Å². The molecule has 33 heavy (non-hydrogen) atoms. The van der Waals surface area contributed by atoms with Gasteiger partial charge in [-0.3, -0.25) is 0 Å². The number of hydrogen-bond donors (Lipinski definition) is 0. The predicted octanol–water partition coefficient (Wildman–Crippen LogP) is 5.39. The average molecular weight is 471 g/mol. The fraction of sp³-hybridized carbons (Fsp3) is 0.929. The first-order valence-electron chi connectivity index (χ1n) is 14.0. The van der Waals surface area contributed by atoms with Crippen molar-refractivity contribution in [3.05, 3.63) is 0 Å². The summed E-state index contributed by atoms with van der Waals surface area (Å²) in [5.41, 5.74) is 0. The van der Waals surface area contributed by atoms with Crippen LogP contribution in [0, 0.1) is 0 Å². The van der Waals surface area contributed by atoms with Crippen LogP contribution < -0.4 is 10.2 Å². The molecule has 0 aromatic rings. The summed E-state index contributed by atoms with van der Waals surface area (Å²) in [7, 11) is 4.87. The molecular formula is C28H56NO4-. The highest BCUT2D eigenvalue weighted by molar-refractivity contribution is 5.65. The minimum Gasteiger partial charge on any atom is -0.550 e. The van der Waals surface area contributed by atoms with Crippen molar-refractivity contribution >= 4 is 11.9 Å². The SMILES string of the molecule is CCCCCCCCCC[N+](C)(C)CCCCCCCCCC.O=C([O-])CCCCC(=O)[O-]. The van der Waals surface area contributed by atoms with Gasteiger partial charge in [0.15, 0.2) is 0 Å². The molecule has 0 atom stereocenters. The molecule has 0 aliphatic heterocycles. The fourth-order valence-corrected chi connectivity index (χ4v) is 4.00. The Morgan fingerprint density at radius 3 is 1.03 bits per heavy atom. The molecule has 0 saturated carbocycles. The lowest BCUT2D eigenvalue weighted by molar-refractivity contribution is -0.890. The van der Waals surface area contributed by atoms with Gasteiger partial charge >= 0.3 is 0 Å². The second kappa shape index (κ2) is 25.5. The maximum Gasteiger partial charge on any atom is 0.0782 e. The molecule has 0 rings (SSSR count). The third-order valence-electron chi connectivity index (χ3n) is 6.25. The quantitative estimate of drug-likeness (QED) is 0.148. The fourth-order valence-electron chi connectivity index (χ4n) is 4.00. The largest absolute Gasteiger partial charge is 0.550 e. The van der Waals surface area contributed by atoms with Gasteiger partial charge in [0.2, 0.25) is 0 Å². The van der Waals surface area contributed by atoms with E-state index in [1.54, 1.807) is 0 Å². The van der Waals surface area contributed by atoms with Crippen LogP contribution in [-0.4, -0.2) is 43.6 Å². The number of carboxylic acids is 2. The Labute approximate surface area is 205 Å². The van der Waals surface area contributed by atoms with Crippen molar-refractivity contribution in [3.63, 3.8) is 0 Å². The summed E-state index contributed by atoms with van der Waals surface area (Å²) in [6.45, 7) is 7.36. The van der Waals surface area contributed by atoms with Crippen LogP contribution in [0.5, 0.6) is 0 Å². The van der Waals surface area contributed by atoms with Crippen LogP contribution in [0.1, 0.15) is 142 Å². The molecule has 0 saturated heterocycles. The smallest absolute Gasteiger partial charge is 0.0782 e. The highest BCUT2D eigenvalue weighted by Crippen LogP contribution is 2.13. The van der Waals surface area contributed by atoms with E-state index in [0.717, 1.165) is 0 Å². The molecule has 5 nitrogen and oxygen atoms in total. The zero-order valence-electron chi connectivity index (χ0n) is 22.6. The molecule has 0 spiro atoms. The number of rotatable bonds is 23. The number of carbonyl (C=O) groups is 2. The molecule has 0 heterocycles. The third-order valence-corrected chi connectivity index (χ3v) is 6.25. The summed E-state index contributed by atoms with van der Waals surface area (Å²) < 4.78 is 1.24. The van der Waals surface area contributed by atoms with Gasteiger partial charge in [-0.05, 0) is 51.4 Å². The van der Waals surface area contributed by atoms with Crippen LogP contribution in [0.4, 0.5) is 0 Å². The Balaban J connectivity index is 0. The molecule has 0 aliphatic rings. The van der Waals surface area contributed by atoms with Crippen LogP contribution in [0.25, 0.3) is 0 Å². The first-order chi connectivity index (χ1) is 15.7. The Bertz CT molecular complexity index is 400. The molecule has 0 fully saturated rings. The monoisotopic (exact) mass is 470 g/mol. The van der Waals surface area contributed by atoms with Gasteiger partial charge in [-0.2, -0.15) is 0 Å². The van der Waals surface area contributed by atoms with E-state index in [1.165, 1.54) is 120 Å². The molecule has 0 N–H and O–H groups in total. The molecule has 0 amide bonds. The van der Waals surface area contributed by atoms with E-state index in [0.29, 0.717) is 12.8 Å². The summed E-state index contributed by atoms with van der Waals surface area (Å²) in [6, 6.07) is 0. The van der Waals surface area contributed by atoms with Crippen molar-refractivity contribution < 1.29 is 24.3 Å². The first-order valence-corrected chi connectivity index (χ1v) is 14.0. The van der Waals surface area contributed by atoms with Gasteiger partial charge in [0.05, 0.1) is 27.2 Å². The zero-order chi connectivity index (χ0) is 25.2. The number of carbonyl (C=O) groups excluding carboxylic acids is 2. The van der Waals surface area contributed by atoms with Gasteiger partial charge < -0.3 is 24.3 Å². The maximum absolute atomic E-state index is 9.77. The van der Waals surface area contributed by atoms with Gasteiger partial charge in [-0.1, -0.05) is 90.9 Å². The van der Waals surface area contributed by atoms with E-state index < -0.39 is 11.9 Å². The van der Waals surface area contributed by atoms with E-state index in [2.05, 4.69) is 27.9 Å². The van der Waals surface area contributed by atoms with Crippen LogP contribution >= 0.6 is 0 Å². The van der Waals surface area contributed by atoms with Crippen molar-refractivity contribution in [2.75, 3.05) is 27.2 Å².